The quantitative estimate of drug-likeness (QED) is 0.0540. The van der Waals surface area contributed by atoms with Crippen LogP contribution in [0.15, 0.2) is 24.3 Å². The number of aliphatic hydroxyl groups is 2. The van der Waals surface area contributed by atoms with Crippen molar-refractivity contribution in [1.29, 1.82) is 0 Å². The Balaban J connectivity index is -0.00000137. The average molecular weight is 832 g/mol. The second-order valence-electron chi connectivity index (χ2n) is 13.0. The van der Waals surface area contributed by atoms with E-state index >= 15 is 0 Å². The molecule has 256 valence electrons. The molecule has 0 aromatic rings. The minimum atomic E-state index is -0.100. The molecule has 0 aromatic heterocycles. The van der Waals surface area contributed by atoms with Gasteiger partial charge in [0.1, 0.15) is 0 Å². The summed E-state index contributed by atoms with van der Waals surface area (Å²) in [6.45, 7) is 8.30. The van der Waals surface area contributed by atoms with E-state index in [9.17, 15) is 5.11 Å². The van der Waals surface area contributed by atoms with Crippen molar-refractivity contribution in [2.24, 2.45) is 5.92 Å². The van der Waals surface area contributed by atoms with Gasteiger partial charge >= 0.3 is 0 Å². The molecule has 0 fully saturated rings. The van der Waals surface area contributed by atoms with Gasteiger partial charge in [-0.2, -0.15) is 0 Å². The molecule has 0 saturated heterocycles. The minimum absolute atomic E-state index is 0. The zero-order valence-corrected chi connectivity index (χ0v) is 34.3. The van der Waals surface area contributed by atoms with Crippen molar-refractivity contribution in [1.82, 2.24) is 4.90 Å². The molecule has 0 saturated carbocycles. The Labute approximate surface area is 295 Å². The average Bonchev–Trinajstić information content (AvgIpc) is 2.98. The molecule has 43 heavy (non-hydrogen) atoms. The third-order valence-corrected chi connectivity index (χ3v) is 8.33. The number of rotatable bonds is 31. The SMILES string of the molecule is CCCCC/C=C\CCCC(O)C(CCC/C=C\CCCCC)CCCCCCCCCC.CN(C)CCCCCO.[U]. The van der Waals surface area contributed by atoms with Gasteiger partial charge in [-0.05, 0) is 116 Å². The van der Waals surface area contributed by atoms with E-state index in [0.717, 1.165) is 38.6 Å². The molecular weight excluding hydrogens is 752 g/mol. The first kappa shape index (κ1) is 47.8. The summed E-state index contributed by atoms with van der Waals surface area (Å²) in [5.41, 5.74) is 0. The van der Waals surface area contributed by atoms with Gasteiger partial charge in [0.25, 0.3) is 0 Å². The van der Waals surface area contributed by atoms with Crippen molar-refractivity contribution in [2.75, 3.05) is 27.2 Å². The van der Waals surface area contributed by atoms with Crippen LogP contribution in [-0.2, 0) is 0 Å². The normalized spacial score (nSPS) is 12.9. The number of allylic oxidation sites excluding steroid dienone is 4. The molecular formula is C39H79NO2U. The van der Waals surface area contributed by atoms with Crippen molar-refractivity contribution < 1.29 is 41.3 Å². The zero-order chi connectivity index (χ0) is 31.4. The molecule has 0 aliphatic rings. The maximum atomic E-state index is 10.9. The van der Waals surface area contributed by atoms with Gasteiger partial charge in [0, 0.05) is 37.7 Å². The molecule has 2 atom stereocenters. The number of hydrogen-bond donors (Lipinski definition) is 2. The Morgan fingerprint density at radius 3 is 1.37 bits per heavy atom. The van der Waals surface area contributed by atoms with Crippen LogP contribution in [-0.4, -0.2) is 48.5 Å². The molecule has 3 nitrogen and oxygen atoms in total. The maximum Gasteiger partial charge on any atom is 0.0568 e. The second kappa shape index (κ2) is 42.4. The van der Waals surface area contributed by atoms with Gasteiger partial charge in [0.05, 0.1) is 6.10 Å². The number of unbranched alkanes of at least 4 members (excludes halogenated alkanes) is 17. The van der Waals surface area contributed by atoms with Crippen LogP contribution in [0.25, 0.3) is 0 Å². The van der Waals surface area contributed by atoms with Crippen LogP contribution < -0.4 is 0 Å². The fourth-order valence-electron chi connectivity index (χ4n) is 5.46. The van der Waals surface area contributed by atoms with Gasteiger partial charge in [0.2, 0.25) is 0 Å². The van der Waals surface area contributed by atoms with E-state index in [1.54, 1.807) is 0 Å². The first-order valence-electron chi connectivity index (χ1n) is 18.8. The Morgan fingerprint density at radius 1 is 0.488 bits per heavy atom. The summed E-state index contributed by atoms with van der Waals surface area (Å²) in [6, 6.07) is 0. The molecule has 0 aromatic carbocycles. The summed E-state index contributed by atoms with van der Waals surface area (Å²) in [5, 5.41) is 19.4. The molecule has 0 heterocycles. The van der Waals surface area contributed by atoms with Crippen LogP contribution in [0, 0.1) is 37.0 Å². The molecule has 0 bridgehead atoms. The predicted octanol–water partition coefficient (Wildman–Crippen LogP) is 11.8. The second-order valence-corrected chi connectivity index (χ2v) is 13.0. The van der Waals surface area contributed by atoms with Crippen molar-refractivity contribution in [2.45, 2.75) is 194 Å². The van der Waals surface area contributed by atoms with Crippen LogP contribution in [0.4, 0.5) is 0 Å². The molecule has 4 heteroatoms. The van der Waals surface area contributed by atoms with E-state index in [0.29, 0.717) is 12.5 Å². The van der Waals surface area contributed by atoms with Crippen LogP contribution in [0.5, 0.6) is 0 Å². The first-order valence-corrected chi connectivity index (χ1v) is 18.8. The van der Waals surface area contributed by atoms with Crippen molar-refractivity contribution in [3.63, 3.8) is 0 Å². The number of aliphatic hydroxyl groups excluding tert-OH is 2. The fourth-order valence-corrected chi connectivity index (χ4v) is 5.46. The van der Waals surface area contributed by atoms with E-state index in [-0.39, 0.29) is 37.2 Å². The van der Waals surface area contributed by atoms with Gasteiger partial charge in [0.15, 0.2) is 0 Å². The summed E-state index contributed by atoms with van der Waals surface area (Å²) < 4.78 is 0. The monoisotopic (exact) mass is 832 g/mol. The topological polar surface area (TPSA) is 43.7 Å². The van der Waals surface area contributed by atoms with Crippen LogP contribution in [0.2, 0.25) is 0 Å². The Hall–Kier alpha value is 0.412. The minimum Gasteiger partial charge on any atom is -0.396 e. The maximum absolute atomic E-state index is 10.9. The molecule has 2 N–H and O–H groups in total. The molecule has 0 aliphatic heterocycles. The van der Waals surface area contributed by atoms with Crippen LogP contribution >= 0.6 is 0 Å². The molecule has 0 spiro atoms. The van der Waals surface area contributed by atoms with E-state index in [1.807, 2.05) is 0 Å². The Kier molecular flexibility index (Phi) is 47.2. The van der Waals surface area contributed by atoms with Crippen molar-refractivity contribution in [3.8, 4) is 0 Å². The molecule has 0 aliphatic carbocycles. The van der Waals surface area contributed by atoms with Gasteiger partial charge in [-0.25, -0.2) is 0 Å². The summed E-state index contributed by atoms with van der Waals surface area (Å²) in [5.74, 6) is 0.507. The van der Waals surface area contributed by atoms with Gasteiger partial charge in [-0.1, -0.05) is 122 Å². The van der Waals surface area contributed by atoms with Crippen LogP contribution in [0.3, 0.4) is 0 Å². The predicted molar refractivity (Wildman–Crippen MR) is 190 cm³/mol. The van der Waals surface area contributed by atoms with E-state index in [2.05, 4.69) is 64.1 Å². The Morgan fingerprint density at radius 2 is 0.884 bits per heavy atom. The fraction of sp³-hybridized carbons (Fsp3) is 0.897. The van der Waals surface area contributed by atoms with Gasteiger partial charge in [-0.15, -0.1) is 0 Å². The summed E-state index contributed by atoms with van der Waals surface area (Å²) in [6.07, 6.45) is 42.2. The standard InChI is InChI=1S/C32H62O.C7H17NO.U/c1-4-7-10-13-16-19-22-25-28-31(29-26-23-20-17-14-11-8-5-2)32(33)30-27-24-21-18-15-12-9-6-3;1-8(2)6-4-3-5-7-9;/h16,18-19,21,31-33H,4-15,17,20,22-30H2,1-3H3;9H,3-7H2,1-2H3;/b19-16-,21-18-;;. The van der Waals surface area contributed by atoms with Crippen LogP contribution in [0.1, 0.15) is 188 Å². The summed E-state index contributed by atoms with van der Waals surface area (Å²) >= 11 is 0. The largest absolute Gasteiger partial charge is 0.396 e. The van der Waals surface area contributed by atoms with Gasteiger partial charge in [-0.3, -0.25) is 0 Å². The summed E-state index contributed by atoms with van der Waals surface area (Å²) in [7, 11) is 4.14. The van der Waals surface area contributed by atoms with E-state index in [4.69, 9.17) is 5.11 Å². The van der Waals surface area contributed by atoms with Crippen molar-refractivity contribution in [3.05, 3.63) is 24.3 Å². The van der Waals surface area contributed by atoms with Gasteiger partial charge < -0.3 is 15.1 Å². The molecule has 0 radical (unpaired) electrons. The zero-order valence-electron chi connectivity index (χ0n) is 30.1. The summed E-state index contributed by atoms with van der Waals surface area (Å²) in [4.78, 5) is 2.16. The first-order chi connectivity index (χ1) is 20.5. The molecule has 2 unspecified atom stereocenters. The third kappa shape index (κ3) is 42.4. The van der Waals surface area contributed by atoms with E-state index in [1.165, 1.54) is 135 Å². The molecule has 0 amide bonds. The van der Waals surface area contributed by atoms with E-state index < -0.39 is 0 Å². The number of hydrogen-bond acceptors (Lipinski definition) is 3. The number of nitrogens with zero attached hydrogens (tertiary/aromatic N) is 1. The molecule has 0 rings (SSSR count). The Bertz CT molecular complexity index is 537. The third-order valence-electron chi connectivity index (χ3n) is 8.33. The van der Waals surface area contributed by atoms with Crippen molar-refractivity contribution >= 4 is 0 Å². The smallest absolute Gasteiger partial charge is 0.0568 e.